The van der Waals surface area contributed by atoms with Gasteiger partial charge in [-0.1, -0.05) is 0 Å². The van der Waals surface area contributed by atoms with Crippen LogP contribution in [0.4, 0.5) is 0 Å². The maximum absolute atomic E-state index is 10.4. The number of hydrogen-bond donors (Lipinski definition) is 2. The maximum atomic E-state index is 10.4. The monoisotopic (exact) mass is 214 g/mol. The molecular formula is C11H22N2O2. The summed E-state index contributed by atoms with van der Waals surface area (Å²) in [6, 6.07) is 0. The number of nitrogens with one attached hydrogen (secondary N) is 1. The molecule has 0 aromatic heterocycles. The van der Waals surface area contributed by atoms with Crippen molar-refractivity contribution in [1.29, 1.82) is 0 Å². The van der Waals surface area contributed by atoms with Crippen LogP contribution < -0.4 is 11.1 Å². The number of carbonyl (C=O) groups is 1. The molecule has 15 heavy (non-hydrogen) atoms. The van der Waals surface area contributed by atoms with Gasteiger partial charge in [0.1, 0.15) is 0 Å². The molecule has 0 spiro atoms. The van der Waals surface area contributed by atoms with Gasteiger partial charge in [0.2, 0.25) is 5.91 Å². The molecule has 1 rings (SSSR count). The van der Waals surface area contributed by atoms with Crippen LogP contribution in [-0.4, -0.2) is 31.7 Å². The highest BCUT2D eigenvalue weighted by Crippen LogP contribution is 2.16. The Morgan fingerprint density at radius 2 is 2.20 bits per heavy atom. The number of hydrogen-bond acceptors (Lipinski definition) is 3. The minimum atomic E-state index is -0.212. The lowest BCUT2D eigenvalue weighted by Gasteiger charge is -2.09. The van der Waals surface area contributed by atoms with Crippen molar-refractivity contribution < 1.29 is 9.53 Å². The third kappa shape index (κ3) is 6.47. The summed E-state index contributed by atoms with van der Waals surface area (Å²) < 4.78 is 5.52. The van der Waals surface area contributed by atoms with Crippen LogP contribution >= 0.6 is 0 Å². The van der Waals surface area contributed by atoms with Crippen molar-refractivity contribution in [3.63, 3.8) is 0 Å². The molecule has 88 valence electrons. The molecule has 0 radical (unpaired) electrons. The van der Waals surface area contributed by atoms with Gasteiger partial charge in [-0.15, -0.1) is 0 Å². The molecule has 3 N–H and O–H groups in total. The summed E-state index contributed by atoms with van der Waals surface area (Å²) in [7, 11) is 0. The molecule has 0 aliphatic carbocycles. The lowest BCUT2D eigenvalue weighted by Crippen LogP contribution is -2.20. The van der Waals surface area contributed by atoms with E-state index in [9.17, 15) is 4.79 Å². The zero-order chi connectivity index (χ0) is 10.9. The predicted octanol–water partition coefficient (Wildman–Crippen LogP) is 0.801. The lowest BCUT2D eigenvalue weighted by atomic mass is 10.1. The second-order valence-corrected chi connectivity index (χ2v) is 4.10. The van der Waals surface area contributed by atoms with Crippen LogP contribution in [-0.2, 0) is 9.53 Å². The molecule has 1 saturated heterocycles. The Balaban J connectivity index is 1.78. The Bertz CT molecular complexity index is 179. The highest BCUT2D eigenvalue weighted by molar-refractivity contribution is 5.73. The number of primary amides is 1. The Morgan fingerprint density at radius 3 is 2.87 bits per heavy atom. The van der Waals surface area contributed by atoms with Gasteiger partial charge < -0.3 is 15.8 Å². The summed E-state index contributed by atoms with van der Waals surface area (Å²) in [4.78, 5) is 10.4. The summed E-state index contributed by atoms with van der Waals surface area (Å²) in [5.41, 5.74) is 5.03. The molecule has 0 saturated carbocycles. The summed E-state index contributed by atoms with van der Waals surface area (Å²) in [6.45, 7) is 2.84. The SMILES string of the molecule is NC(=O)CCCNCCCC1CCCO1. The van der Waals surface area contributed by atoms with E-state index < -0.39 is 0 Å². The van der Waals surface area contributed by atoms with Crippen molar-refractivity contribution in [2.45, 2.75) is 44.6 Å². The molecule has 1 aliphatic heterocycles. The highest BCUT2D eigenvalue weighted by Gasteiger charge is 2.14. The molecule has 0 aromatic rings. The Morgan fingerprint density at radius 1 is 1.40 bits per heavy atom. The highest BCUT2D eigenvalue weighted by atomic mass is 16.5. The zero-order valence-electron chi connectivity index (χ0n) is 9.34. The maximum Gasteiger partial charge on any atom is 0.217 e. The second kappa shape index (κ2) is 7.65. The molecule has 0 bridgehead atoms. The van der Waals surface area contributed by atoms with E-state index in [1.807, 2.05) is 0 Å². The van der Waals surface area contributed by atoms with Gasteiger partial charge in [0.15, 0.2) is 0 Å². The summed E-state index contributed by atoms with van der Waals surface area (Å²) in [6.07, 6.45) is 6.58. The Kier molecular flexibility index (Phi) is 6.36. The first-order valence-electron chi connectivity index (χ1n) is 5.89. The standard InChI is InChI=1S/C11H22N2O2/c12-11(14)6-2-8-13-7-1-4-10-5-3-9-15-10/h10,13H,1-9H2,(H2,12,14). The first-order valence-corrected chi connectivity index (χ1v) is 5.89. The Labute approximate surface area is 91.5 Å². The fourth-order valence-corrected chi connectivity index (χ4v) is 1.84. The second-order valence-electron chi connectivity index (χ2n) is 4.10. The van der Waals surface area contributed by atoms with E-state index in [1.165, 1.54) is 12.8 Å². The topological polar surface area (TPSA) is 64.4 Å². The van der Waals surface area contributed by atoms with Gasteiger partial charge >= 0.3 is 0 Å². The van der Waals surface area contributed by atoms with Gasteiger partial charge in [-0.05, 0) is 45.2 Å². The van der Waals surface area contributed by atoms with E-state index in [4.69, 9.17) is 10.5 Å². The first-order chi connectivity index (χ1) is 7.29. The predicted molar refractivity (Wildman–Crippen MR) is 59.5 cm³/mol. The van der Waals surface area contributed by atoms with Crippen molar-refractivity contribution in [3.8, 4) is 0 Å². The average molecular weight is 214 g/mol. The van der Waals surface area contributed by atoms with Crippen molar-refractivity contribution in [2.24, 2.45) is 5.73 Å². The summed E-state index contributed by atoms with van der Waals surface area (Å²) in [5.74, 6) is -0.212. The number of carbonyl (C=O) groups excluding carboxylic acids is 1. The van der Waals surface area contributed by atoms with Crippen molar-refractivity contribution in [1.82, 2.24) is 5.32 Å². The zero-order valence-corrected chi connectivity index (χ0v) is 9.34. The summed E-state index contributed by atoms with van der Waals surface area (Å²) in [5, 5.41) is 3.30. The van der Waals surface area contributed by atoms with Crippen LogP contribution in [0.3, 0.4) is 0 Å². The first kappa shape index (κ1) is 12.5. The fraction of sp³-hybridized carbons (Fsp3) is 0.909. The lowest BCUT2D eigenvalue weighted by molar-refractivity contribution is -0.118. The Hall–Kier alpha value is -0.610. The van der Waals surface area contributed by atoms with Gasteiger partial charge in [0.05, 0.1) is 6.10 Å². The van der Waals surface area contributed by atoms with Crippen LogP contribution in [0.25, 0.3) is 0 Å². The van der Waals surface area contributed by atoms with Gasteiger partial charge in [-0.2, -0.15) is 0 Å². The average Bonchev–Trinajstić information content (AvgIpc) is 2.68. The number of amides is 1. The quantitative estimate of drug-likeness (QED) is 0.587. The number of nitrogens with two attached hydrogens (primary N) is 1. The van der Waals surface area contributed by atoms with Crippen LogP contribution in [0.2, 0.25) is 0 Å². The van der Waals surface area contributed by atoms with E-state index >= 15 is 0 Å². The molecule has 0 aromatic carbocycles. The van der Waals surface area contributed by atoms with Crippen LogP contribution in [0.1, 0.15) is 38.5 Å². The molecule has 4 heteroatoms. The van der Waals surface area contributed by atoms with E-state index in [2.05, 4.69) is 5.32 Å². The van der Waals surface area contributed by atoms with Crippen molar-refractivity contribution >= 4 is 5.91 Å². The van der Waals surface area contributed by atoms with Gasteiger partial charge in [0, 0.05) is 13.0 Å². The largest absolute Gasteiger partial charge is 0.378 e. The van der Waals surface area contributed by atoms with Gasteiger partial charge in [0.25, 0.3) is 0 Å². The fourth-order valence-electron chi connectivity index (χ4n) is 1.84. The molecule has 1 heterocycles. The van der Waals surface area contributed by atoms with Crippen LogP contribution in [0.5, 0.6) is 0 Å². The molecular weight excluding hydrogens is 192 g/mol. The van der Waals surface area contributed by atoms with Crippen molar-refractivity contribution in [3.05, 3.63) is 0 Å². The van der Waals surface area contributed by atoms with E-state index in [0.717, 1.165) is 39.0 Å². The molecule has 4 nitrogen and oxygen atoms in total. The molecule has 1 atom stereocenters. The number of rotatable bonds is 8. The molecule has 1 fully saturated rings. The minimum Gasteiger partial charge on any atom is -0.378 e. The van der Waals surface area contributed by atoms with Gasteiger partial charge in [-0.3, -0.25) is 4.79 Å². The van der Waals surface area contributed by atoms with Crippen molar-refractivity contribution in [2.75, 3.05) is 19.7 Å². The van der Waals surface area contributed by atoms with Crippen LogP contribution in [0, 0.1) is 0 Å². The van der Waals surface area contributed by atoms with E-state index in [1.54, 1.807) is 0 Å². The number of ether oxygens (including phenoxy) is 1. The van der Waals surface area contributed by atoms with E-state index in [0.29, 0.717) is 12.5 Å². The molecule has 1 aliphatic rings. The molecule has 1 unspecified atom stereocenters. The minimum absolute atomic E-state index is 0.212. The van der Waals surface area contributed by atoms with E-state index in [-0.39, 0.29) is 5.91 Å². The third-order valence-electron chi connectivity index (χ3n) is 2.68. The normalized spacial score (nSPS) is 20.7. The van der Waals surface area contributed by atoms with Gasteiger partial charge in [-0.25, -0.2) is 0 Å². The smallest absolute Gasteiger partial charge is 0.217 e. The third-order valence-corrected chi connectivity index (χ3v) is 2.68. The molecule has 1 amide bonds. The summed E-state index contributed by atoms with van der Waals surface area (Å²) >= 11 is 0. The van der Waals surface area contributed by atoms with Crippen LogP contribution in [0.15, 0.2) is 0 Å².